The number of H-pyrrole nitrogens is 1. The lowest BCUT2D eigenvalue weighted by atomic mass is 9.97. The second kappa shape index (κ2) is 7.11. The van der Waals surface area contributed by atoms with Gasteiger partial charge < -0.3 is 19.6 Å². The molecule has 8 nitrogen and oxygen atoms in total. The van der Waals surface area contributed by atoms with E-state index in [0.29, 0.717) is 23.7 Å². The Balaban J connectivity index is 1.38. The zero-order valence-electron chi connectivity index (χ0n) is 15.2. The Morgan fingerprint density at radius 2 is 2.19 bits per heavy atom. The number of fused-ring (bicyclic) bond motifs is 2. The Bertz CT molecular complexity index is 756. The first-order valence-electron chi connectivity index (χ1n) is 9.26. The molecule has 0 radical (unpaired) electrons. The second-order valence-corrected chi connectivity index (χ2v) is 7.12. The number of hydrogen-bond donors (Lipinski definition) is 2. The summed E-state index contributed by atoms with van der Waals surface area (Å²) >= 11 is 0. The van der Waals surface area contributed by atoms with Gasteiger partial charge in [-0.05, 0) is 37.3 Å². The van der Waals surface area contributed by atoms with Gasteiger partial charge in [-0.1, -0.05) is 6.92 Å². The van der Waals surface area contributed by atoms with Crippen LogP contribution in [-0.2, 0) is 13.0 Å². The number of hydrogen-bond acceptors (Lipinski definition) is 6. The number of carbonyl (C=O) groups excluding carboxylic acids is 1. The fourth-order valence-electron chi connectivity index (χ4n) is 4.33. The summed E-state index contributed by atoms with van der Waals surface area (Å²) in [6.07, 6.45) is 6.59. The van der Waals surface area contributed by atoms with Crippen molar-refractivity contribution in [3.05, 3.63) is 29.5 Å². The summed E-state index contributed by atoms with van der Waals surface area (Å²) < 4.78 is 10.4. The number of rotatable bonds is 6. The maximum Gasteiger partial charge on any atom is 0.271 e. The number of piperidine rings is 1. The van der Waals surface area contributed by atoms with Crippen LogP contribution in [0.5, 0.6) is 5.88 Å². The van der Waals surface area contributed by atoms with Crippen molar-refractivity contribution < 1.29 is 14.1 Å². The number of ether oxygens (including phenoxy) is 1. The molecule has 4 heterocycles. The molecule has 2 aliphatic rings. The van der Waals surface area contributed by atoms with Gasteiger partial charge in [-0.2, -0.15) is 0 Å². The predicted octanol–water partition coefficient (Wildman–Crippen LogP) is 1.89. The van der Waals surface area contributed by atoms with Gasteiger partial charge in [-0.15, -0.1) is 0 Å². The molecule has 0 aliphatic carbocycles. The van der Waals surface area contributed by atoms with Crippen LogP contribution in [0.25, 0.3) is 0 Å². The lowest BCUT2D eigenvalue weighted by molar-refractivity contribution is 0.0793. The summed E-state index contributed by atoms with van der Waals surface area (Å²) in [5.74, 6) is 1.27. The lowest BCUT2D eigenvalue weighted by Gasteiger charge is -2.38. The molecule has 2 N–H and O–H groups in total. The van der Waals surface area contributed by atoms with Gasteiger partial charge in [-0.3, -0.25) is 9.69 Å². The highest BCUT2D eigenvalue weighted by molar-refractivity contribution is 5.93. The first kappa shape index (κ1) is 17.1. The topological polar surface area (TPSA) is 96.3 Å². The molecule has 2 saturated heterocycles. The van der Waals surface area contributed by atoms with E-state index in [4.69, 9.17) is 9.26 Å². The first-order valence-corrected chi connectivity index (χ1v) is 9.26. The van der Waals surface area contributed by atoms with Crippen molar-refractivity contribution in [3.8, 4) is 5.88 Å². The number of methoxy groups -OCH3 is 1. The van der Waals surface area contributed by atoms with Gasteiger partial charge >= 0.3 is 0 Å². The van der Waals surface area contributed by atoms with Crippen LogP contribution in [0.15, 0.2) is 16.9 Å². The highest BCUT2D eigenvalue weighted by Gasteiger charge is 2.41. The smallest absolute Gasteiger partial charge is 0.271 e. The number of amides is 1. The van der Waals surface area contributed by atoms with Crippen molar-refractivity contribution in [1.29, 1.82) is 0 Å². The molecule has 1 amide bonds. The van der Waals surface area contributed by atoms with Crippen LogP contribution in [0, 0.1) is 0 Å². The predicted molar refractivity (Wildman–Crippen MR) is 93.9 cm³/mol. The van der Waals surface area contributed by atoms with Gasteiger partial charge in [-0.25, -0.2) is 4.98 Å². The summed E-state index contributed by atoms with van der Waals surface area (Å²) in [7, 11) is 1.59. The van der Waals surface area contributed by atoms with Gasteiger partial charge in [0.05, 0.1) is 20.0 Å². The van der Waals surface area contributed by atoms with Gasteiger partial charge in [0.1, 0.15) is 5.69 Å². The van der Waals surface area contributed by atoms with Crippen LogP contribution in [0.3, 0.4) is 0 Å². The minimum atomic E-state index is -0.0686. The fourth-order valence-corrected chi connectivity index (χ4v) is 4.33. The molecule has 2 bridgehead atoms. The van der Waals surface area contributed by atoms with E-state index in [9.17, 15) is 4.79 Å². The van der Waals surface area contributed by atoms with Crippen LogP contribution in [0.1, 0.15) is 54.5 Å². The van der Waals surface area contributed by atoms with Crippen LogP contribution in [0.2, 0.25) is 0 Å². The Morgan fingerprint density at radius 1 is 1.42 bits per heavy atom. The number of aromatic nitrogens is 3. The quantitative estimate of drug-likeness (QED) is 0.818. The molecular weight excluding hydrogens is 334 g/mol. The first-order chi connectivity index (χ1) is 12.7. The fraction of sp³-hybridized carbons (Fsp3) is 0.611. The summed E-state index contributed by atoms with van der Waals surface area (Å²) in [6.45, 7) is 2.76. The van der Waals surface area contributed by atoms with Gasteiger partial charge in [0.25, 0.3) is 11.8 Å². The molecule has 2 aromatic heterocycles. The van der Waals surface area contributed by atoms with Crippen molar-refractivity contribution in [2.45, 2.75) is 63.7 Å². The molecular formula is C18H25N5O3. The largest absolute Gasteiger partial charge is 0.479 e. The summed E-state index contributed by atoms with van der Waals surface area (Å²) in [5.41, 5.74) is 1.42. The highest BCUT2D eigenvalue weighted by Crippen LogP contribution is 2.37. The molecule has 26 heavy (non-hydrogen) atoms. The Hall–Kier alpha value is -2.35. The van der Waals surface area contributed by atoms with Gasteiger partial charge in [0.15, 0.2) is 5.76 Å². The van der Waals surface area contributed by atoms with Crippen LogP contribution in [-0.4, -0.2) is 51.2 Å². The van der Waals surface area contributed by atoms with Crippen LogP contribution in [0.4, 0.5) is 0 Å². The number of carbonyl (C=O) groups is 1. The Labute approximate surface area is 152 Å². The van der Waals surface area contributed by atoms with Gasteiger partial charge in [0.2, 0.25) is 0 Å². The third-order valence-electron chi connectivity index (χ3n) is 5.59. The average molecular weight is 359 g/mol. The van der Waals surface area contributed by atoms with Gasteiger partial charge in [0, 0.05) is 29.9 Å². The Kier molecular flexibility index (Phi) is 4.67. The molecule has 4 rings (SSSR count). The zero-order chi connectivity index (χ0) is 18.1. The summed E-state index contributed by atoms with van der Waals surface area (Å²) in [6, 6.07) is 2.96. The van der Waals surface area contributed by atoms with Crippen molar-refractivity contribution in [2.24, 2.45) is 0 Å². The van der Waals surface area contributed by atoms with E-state index in [-0.39, 0.29) is 11.9 Å². The molecule has 2 unspecified atom stereocenters. The molecule has 0 saturated carbocycles. The molecule has 2 fully saturated rings. The van der Waals surface area contributed by atoms with E-state index < -0.39 is 0 Å². The number of imidazole rings is 1. The average Bonchev–Trinajstić information content (AvgIpc) is 3.34. The highest BCUT2D eigenvalue weighted by atomic mass is 16.5. The monoisotopic (exact) mass is 359 g/mol. The van der Waals surface area contributed by atoms with Crippen molar-refractivity contribution in [3.63, 3.8) is 0 Å². The second-order valence-electron chi connectivity index (χ2n) is 7.12. The number of nitrogens with zero attached hydrogens (tertiary/aromatic N) is 3. The molecule has 2 aliphatic heterocycles. The molecule has 140 valence electrons. The molecule has 0 aromatic carbocycles. The Morgan fingerprint density at radius 3 is 2.85 bits per heavy atom. The number of aromatic amines is 1. The molecule has 8 heteroatoms. The van der Waals surface area contributed by atoms with E-state index in [1.165, 1.54) is 0 Å². The molecule has 0 spiro atoms. The summed E-state index contributed by atoms with van der Waals surface area (Å²) in [4.78, 5) is 22.2. The third-order valence-corrected chi connectivity index (χ3v) is 5.59. The standard InChI is InChI=1S/C18H25N5O3/c1-3-15-17(20-10-19-15)18(24)21-11-6-12-4-5-13(7-11)23(12)9-14-8-16(25-2)22-26-14/h8,10-13H,3-7,9H2,1-2H3,(H,19,20)(H,21,24). The van der Waals surface area contributed by atoms with E-state index in [0.717, 1.165) is 50.1 Å². The number of aryl methyl sites for hydroxylation is 1. The molecule has 2 atom stereocenters. The van der Waals surface area contributed by atoms with E-state index in [2.05, 4.69) is 25.3 Å². The van der Waals surface area contributed by atoms with E-state index in [1.54, 1.807) is 13.4 Å². The third kappa shape index (κ3) is 3.21. The maximum atomic E-state index is 12.6. The minimum absolute atomic E-state index is 0.0686. The summed E-state index contributed by atoms with van der Waals surface area (Å²) in [5, 5.41) is 7.07. The van der Waals surface area contributed by atoms with Crippen molar-refractivity contribution in [1.82, 2.24) is 25.3 Å². The van der Waals surface area contributed by atoms with Crippen molar-refractivity contribution >= 4 is 5.91 Å². The normalized spacial score (nSPS) is 25.4. The minimum Gasteiger partial charge on any atom is -0.479 e. The van der Waals surface area contributed by atoms with Crippen molar-refractivity contribution in [2.75, 3.05) is 7.11 Å². The SMILES string of the molecule is CCc1[nH]cnc1C(=O)NC1CC2CCC(C1)N2Cc1cc(OC)no1. The zero-order valence-corrected chi connectivity index (χ0v) is 15.2. The molecule has 2 aromatic rings. The maximum absolute atomic E-state index is 12.6. The number of nitrogens with one attached hydrogen (secondary N) is 2. The van der Waals surface area contributed by atoms with Crippen LogP contribution < -0.4 is 10.1 Å². The van der Waals surface area contributed by atoms with Crippen LogP contribution >= 0.6 is 0 Å². The van der Waals surface area contributed by atoms with E-state index in [1.807, 2.05) is 13.0 Å². The lowest BCUT2D eigenvalue weighted by Crippen LogP contribution is -2.50. The van der Waals surface area contributed by atoms with E-state index >= 15 is 0 Å².